The van der Waals surface area contributed by atoms with Crippen molar-refractivity contribution in [2.24, 2.45) is 5.92 Å². The number of nitrogens with zero attached hydrogens (tertiary/aromatic N) is 2. The van der Waals surface area contributed by atoms with Gasteiger partial charge < -0.3 is 15.6 Å². The van der Waals surface area contributed by atoms with Crippen LogP contribution < -0.4 is 10.6 Å². The van der Waals surface area contributed by atoms with Crippen LogP contribution in [-0.4, -0.2) is 15.9 Å². The van der Waals surface area contributed by atoms with Gasteiger partial charge in [0.05, 0.1) is 34.9 Å². The molecule has 1 heterocycles. The number of rotatable bonds is 6. The molecule has 2 aromatic carbocycles. The lowest BCUT2D eigenvalue weighted by Crippen LogP contribution is -2.14. The molecule has 0 radical (unpaired) electrons. The molecule has 0 atom stereocenters. The van der Waals surface area contributed by atoms with Crippen LogP contribution in [0, 0.1) is 23.1 Å². The van der Waals surface area contributed by atoms with Crippen molar-refractivity contribution in [2.45, 2.75) is 32.7 Å². The molecule has 0 aliphatic heterocycles. The van der Waals surface area contributed by atoms with Crippen molar-refractivity contribution in [3.63, 3.8) is 0 Å². The Kier molecular flexibility index (Phi) is 4.70. The molecule has 1 aromatic heterocycles. The van der Waals surface area contributed by atoms with Gasteiger partial charge in [0.1, 0.15) is 11.3 Å². The Bertz CT molecular complexity index is 1090. The van der Waals surface area contributed by atoms with E-state index in [-0.39, 0.29) is 11.8 Å². The third-order valence-corrected chi connectivity index (χ3v) is 4.94. The fourth-order valence-corrected chi connectivity index (χ4v) is 3.28. The summed E-state index contributed by atoms with van der Waals surface area (Å²) in [6.45, 7) is 2.29. The van der Waals surface area contributed by atoms with E-state index in [9.17, 15) is 9.18 Å². The Labute approximate surface area is 161 Å². The Morgan fingerprint density at radius 1 is 1.36 bits per heavy atom. The standard InChI is InChI=1S/C21H20FN5O/c1-2-14-5-12(9-23)6-16(22)19(14)24-10-13-7-17-20(26-11-25-17)18(8-13)27-21(28)15-3-4-15/h5-8,11,15,24H,2-4,10H2,1H3,(H,25,26)(H,27,28). The number of aromatic amines is 1. The summed E-state index contributed by atoms with van der Waals surface area (Å²) in [4.78, 5) is 19.5. The summed E-state index contributed by atoms with van der Waals surface area (Å²) >= 11 is 0. The number of nitrogens with one attached hydrogen (secondary N) is 3. The SMILES string of the molecule is CCc1cc(C#N)cc(F)c1NCc1cc(NC(=O)C2CC2)c2nc[nH]c2c1. The quantitative estimate of drug-likeness (QED) is 0.603. The second kappa shape index (κ2) is 7.31. The Balaban J connectivity index is 1.60. The molecule has 3 N–H and O–H groups in total. The molecule has 1 fully saturated rings. The second-order valence-electron chi connectivity index (χ2n) is 7.02. The van der Waals surface area contributed by atoms with Crippen molar-refractivity contribution in [3.8, 4) is 6.07 Å². The number of aryl methyl sites for hydroxylation is 1. The maximum absolute atomic E-state index is 14.5. The van der Waals surface area contributed by atoms with E-state index < -0.39 is 5.82 Å². The summed E-state index contributed by atoms with van der Waals surface area (Å²) in [6, 6.07) is 8.71. The first kappa shape index (κ1) is 18.0. The molecule has 3 aromatic rings. The number of benzene rings is 2. The minimum Gasteiger partial charge on any atom is -0.378 e. The van der Waals surface area contributed by atoms with Gasteiger partial charge in [-0.1, -0.05) is 6.92 Å². The number of carbonyl (C=O) groups is 1. The van der Waals surface area contributed by atoms with Gasteiger partial charge in [-0.2, -0.15) is 5.26 Å². The zero-order valence-electron chi connectivity index (χ0n) is 15.5. The Morgan fingerprint density at radius 3 is 2.89 bits per heavy atom. The van der Waals surface area contributed by atoms with Crippen LogP contribution in [0.3, 0.4) is 0 Å². The third kappa shape index (κ3) is 3.54. The molecule has 0 unspecified atom stereocenters. The number of imidazole rings is 1. The van der Waals surface area contributed by atoms with Crippen LogP contribution in [0.25, 0.3) is 11.0 Å². The molecule has 142 valence electrons. The van der Waals surface area contributed by atoms with Crippen LogP contribution in [0.2, 0.25) is 0 Å². The molecule has 1 saturated carbocycles. The number of anilines is 2. The minimum atomic E-state index is -0.444. The average Bonchev–Trinajstić information content (AvgIpc) is 3.44. The number of aromatic nitrogens is 2. The molecule has 1 aliphatic rings. The number of amides is 1. The first-order chi connectivity index (χ1) is 13.6. The third-order valence-electron chi connectivity index (χ3n) is 4.94. The van der Waals surface area contributed by atoms with E-state index in [4.69, 9.17) is 5.26 Å². The number of hydrogen-bond acceptors (Lipinski definition) is 4. The van der Waals surface area contributed by atoms with Gasteiger partial charge in [-0.3, -0.25) is 4.79 Å². The van der Waals surface area contributed by atoms with E-state index in [1.165, 1.54) is 6.07 Å². The highest BCUT2D eigenvalue weighted by Gasteiger charge is 2.30. The highest BCUT2D eigenvalue weighted by Crippen LogP contribution is 2.32. The maximum Gasteiger partial charge on any atom is 0.227 e. The topological polar surface area (TPSA) is 93.6 Å². The molecule has 6 nitrogen and oxygen atoms in total. The highest BCUT2D eigenvalue weighted by molar-refractivity contribution is 6.01. The lowest BCUT2D eigenvalue weighted by atomic mass is 10.1. The molecule has 1 aliphatic carbocycles. The monoisotopic (exact) mass is 377 g/mol. The molecule has 0 saturated heterocycles. The average molecular weight is 377 g/mol. The lowest BCUT2D eigenvalue weighted by molar-refractivity contribution is -0.117. The smallest absolute Gasteiger partial charge is 0.227 e. The summed E-state index contributed by atoms with van der Waals surface area (Å²) in [7, 11) is 0. The van der Waals surface area contributed by atoms with Gasteiger partial charge in [-0.15, -0.1) is 0 Å². The van der Waals surface area contributed by atoms with Gasteiger partial charge in [-0.05, 0) is 54.7 Å². The van der Waals surface area contributed by atoms with Crippen LogP contribution in [0.1, 0.15) is 36.5 Å². The van der Waals surface area contributed by atoms with E-state index in [0.29, 0.717) is 35.4 Å². The molecule has 0 spiro atoms. The van der Waals surface area contributed by atoms with E-state index in [0.717, 1.165) is 29.5 Å². The zero-order valence-corrected chi connectivity index (χ0v) is 15.5. The molecule has 7 heteroatoms. The normalized spacial score (nSPS) is 13.3. The van der Waals surface area contributed by atoms with Crippen molar-refractivity contribution in [1.29, 1.82) is 5.26 Å². The summed E-state index contributed by atoms with van der Waals surface area (Å²) in [5.74, 6) is -0.336. The van der Waals surface area contributed by atoms with Crippen LogP contribution in [0.4, 0.5) is 15.8 Å². The van der Waals surface area contributed by atoms with E-state index in [1.807, 2.05) is 25.1 Å². The molecular formula is C21H20FN5O. The number of fused-ring (bicyclic) bond motifs is 1. The Hall–Kier alpha value is -3.40. The summed E-state index contributed by atoms with van der Waals surface area (Å²) in [5.41, 5.74) is 4.51. The second-order valence-corrected chi connectivity index (χ2v) is 7.02. The van der Waals surface area contributed by atoms with E-state index in [2.05, 4.69) is 20.6 Å². The summed E-state index contributed by atoms with van der Waals surface area (Å²) in [6.07, 6.45) is 4.05. The van der Waals surface area contributed by atoms with Crippen molar-refractivity contribution in [1.82, 2.24) is 9.97 Å². The molecule has 4 rings (SSSR count). The Morgan fingerprint density at radius 2 is 2.18 bits per heavy atom. The van der Waals surface area contributed by atoms with Crippen molar-refractivity contribution >= 4 is 28.3 Å². The number of halogens is 1. The molecule has 28 heavy (non-hydrogen) atoms. The number of hydrogen-bond donors (Lipinski definition) is 3. The zero-order chi connectivity index (χ0) is 19.7. The van der Waals surface area contributed by atoms with Crippen LogP contribution in [0.15, 0.2) is 30.6 Å². The number of carbonyl (C=O) groups excluding carboxylic acids is 1. The van der Waals surface area contributed by atoms with Crippen LogP contribution in [0.5, 0.6) is 0 Å². The first-order valence-electron chi connectivity index (χ1n) is 9.32. The van der Waals surface area contributed by atoms with Gasteiger partial charge in [0, 0.05) is 12.5 Å². The fourth-order valence-electron chi connectivity index (χ4n) is 3.28. The van der Waals surface area contributed by atoms with Gasteiger partial charge in [0.15, 0.2) is 0 Å². The minimum absolute atomic E-state index is 0.0146. The van der Waals surface area contributed by atoms with Crippen molar-refractivity contribution < 1.29 is 9.18 Å². The number of nitriles is 1. The van der Waals surface area contributed by atoms with Gasteiger partial charge >= 0.3 is 0 Å². The lowest BCUT2D eigenvalue weighted by Gasteiger charge is -2.14. The molecule has 1 amide bonds. The predicted octanol–water partition coefficient (Wildman–Crippen LogP) is 4.10. The highest BCUT2D eigenvalue weighted by atomic mass is 19.1. The number of H-pyrrole nitrogens is 1. The maximum atomic E-state index is 14.5. The van der Waals surface area contributed by atoms with Gasteiger partial charge in [0.2, 0.25) is 5.91 Å². The largest absolute Gasteiger partial charge is 0.378 e. The first-order valence-corrected chi connectivity index (χ1v) is 9.32. The van der Waals surface area contributed by atoms with E-state index >= 15 is 0 Å². The van der Waals surface area contributed by atoms with E-state index in [1.54, 1.807) is 12.4 Å². The van der Waals surface area contributed by atoms with Gasteiger partial charge in [0.25, 0.3) is 0 Å². The molecule has 0 bridgehead atoms. The predicted molar refractivity (Wildman–Crippen MR) is 105 cm³/mol. The van der Waals surface area contributed by atoms with Crippen LogP contribution >= 0.6 is 0 Å². The summed E-state index contributed by atoms with van der Waals surface area (Å²) < 4.78 is 14.5. The summed E-state index contributed by atoms with van der Waals surface area (Å²) in [5, 5.41) is 15.1. The molecular weight excluding hydrogens is 357 g/mol. The van der Waals surface area contributed by atoms with Gasteiger partial charge in [-0.25, -0.2) is 9.37 Å². The van der Waals surface area contributed by atoms with Crippen molar-refractivity contribution in [2.75, 3.05) is 10.6 Å². The fraction of sp³-hybridized carbons (Fsp3) is 0.286. The van der Waals surface area contributed by atoms with Crippen LogP contribution in [-0.2, 0) is 17.8 Å². The van der Waals surface area contributed by atoms with Crippen molar-refractivity contribution in [3.05, 3.63) is 53.1 Å².